The van der Waals surface area contributed by atoms with E-state index in [0.717, 1.165) is 12.0 Å². The highest BCUT2D eigenvalue weighted by molar-refractivity contribution is 5.84. The minimum atomic E-state index is -0.883. The van der Waals surface area contributed by atoms with Gasteiger partial charge in [-0.1, -0.05) is 36.2 Å². The average Bonchev–Trinajstić information content (AvgIpc) is 2.43. The van der Waals surface area contributed by atoms with Crippen molar-refractivity contribution in [1.82, 2.24) is 4.90 Å². The topological polar surface area (TPSA) is 57.6 Å². The highest BCUT2D eigenvalue weighted by Crippen LogP contribution is 2.24. The molecular formula is C18H25NO3. The summed E-state index contributed by atoms with van der Waals surface area (Å²) in [6, 6.07) is 5.63. The Balaban J connectivity index is 2.00. The highest BCUT2D eigenvalue weighted by atomic mass is 16.4. The van der Waals surface area contributed by atoms with Gasteiger partial charge in [-0.25, -0.2) is 4.79 Å². The molecule has 4 nitrogen and oxygen atoms in total. The molecule has 4 heteroatoms. The lowest BCUT2D eigenvalue weighted by atomic mass is 9.92. The minimum Gasteiger partial charge on any atom is -0.480 e. The standard InChI is InChI=1S/C18H25NO3/c1-12-6-7-19(16(11-12)18(21)22)17(20)5-4-15-9-13(2)8-14(3)10-15/h8-10,12,16H,4-7,11H2,1-3H3,(H,21,22). The lowest BCUT2D eigenvalue weighted by molar-refractivity contribution is -0.153. The van der Waals surface area contributed by atoms with Crippen LogP contribution >= 0.6 is 0 Å². The molecule has 22 heavy (non-hydrogen) atoms. The van der Waals surface area contributed by atoms with Crippen molar-refractivity contribution in [2.45, 2.75) is 52.5 Å². The first-order valence-electron chi connectivity index (χ1n) is 7.96. The van der Waals surface area contributed by atoms with Crippen molar-refractivity contribution >= 4 is 11.9 Å². The predicted molar refractivity (Wildman–Crippen MR) is 85.8 cm³/mol. The fraction of sp³-hybridized carbons (Fsp3) is 0.556. The Morgan fingerprint density at radius 1 is 1.23 bits per heavy atom. The Morgan fingerprint density at radius 3 is 2.45 bits per heavy atom. The van der Waals surface area contributed by atoms with Crippen molar-refractivity contribution in [2.24, 2.45) is 5.92 Å². The van der Waals surface area contributed by atoms with E-state index >= 15 is 0 Å². The first-order chi connectivity index (χ1) is 10.4. The number of carboxylic acid groups (broad SMARTS) is 1. The normalized spacial score (nSPS) is 21.7. The van der Waals surface area contributed by atoms with Crippen molar-refractivity contribution in [1.29, 1.82) is 0 Å². The van der Waals surface area contributed by atoms with Crippen molar-refractivity contribution < 1.29 is 14.7 Å². The first kappa shape index (κ1) is 16.5. The summed E-state index contributed by atoms with van der Waals surface area (Å²) < 4.78 is 0. The summed E-state index contributed by atoms with van der Waals surface area (Å²) in [5.41, 5.74) is 3.53. The third kappa shape index (κ3) is 4.09. The van der Waals surface area contributed by atoms with Gasteiger partial charge in [-0.15, -0.1) is 0 Å². The maximum atomic E-state index is 12.4. The lowest BCUT2D eigenvalue weighted by Crippen LogP contribution is -2.49. The number of aliphatic carboxylic acids is 1. The second-order valence-electron chi connectivity index (χ2n) is 6.57. The molecule has 1 aliphatic heterocycles. The second kappa shape index (κ2) is 6.95. The van der Waals surface area contributed by atoms with Crippen LogP contribution in [0.15, 0.2) is 18.2 Å². The number of hydrogen-bond acceptors (Lipinski definition) is 2. The van der Waals surface area contributed by atoms with Crippen molar-refractivity contribution in [2.75, 3.05) is 6.54 Å². The summed E-state index contributed by atoms with van der Waals surface area (Å²) in [6.45, 7) is 6.70. The van der Waals surface area contributed by atoms with Gasteiger partial charge in [0, 0.05) is 13.0 Å². The molecule has 0 aromatic heterocycles. The number of piperidine rings is 1. The van der Waals surface area contributed by atoms with Gasteiger partial charge in [0.15, 0.2) is 0 Å². The Morgan fingerprint density at radius 2 is 1.86 bits per heavy atom. The van der Waals surface area contributed by atoms with Gasteiger partial charge >= 0.3 is 5.97 Å². The summed E-state index contributed by atoms with van der Waals surface area (Å²) in [5.74, 6) is -0.561. The molecule has 1 aliphatic rings. The first-order valence-corrected chi connectivity index (χ1v) is 7.96. The molecule has 1 saturated heterocycles. The number of carbonyl (C=O) groups excluding carboxylic acids is 1. The number of aryl methyl sites for hydroxylation is 3. The van der Waals surface area contributed by atoms with Gasteiger partial charge in [-0.2, -0.15) is 0 Å². The van der Waals surface area contributed by atoms with Crippen LogP contribution in [0.1, 0.15) is 42.9 Å². The molecule has 2 atom stereocenters. The third-order valence-electron chi connectivity index (χ3n) is 4.38. The van der Waals surface area contributed by atoms with E-state index in [0.29, 0.717) is 31.7 Å². The van der Waals surface area contributed by atoms with Crippen LogP contribution in [0.5, 0.6) is 0 Å². The molecule has 120 valence electrons. The quantitative estimate of drug-likeness (QED) is 0.930. The predicted octanol–water partition coefficient (Wildman–Crippen LogP) is 2.95. The number of nitrogens with zero attached hydrogens (tertiary/aromatic N) is 1. The van der Waals surface area contributed by atoms with Crippen molar-refractivity contribution in [3.63, 3.8) is 0 Å². The number of carboxylic acids is 1. The fourth-order valence-corrected chi connectivity index (χ4v) is 3.28. The molecule has 0 bridgehead atoms. The molecule has 1 fully saturated rings. The Hall–Kier alpha value is -1.84. The molecule has 2 unspecified atom stereocenters. The Labute approximate surface area is 132 Å². The highest BCUT2D eigenvalue weighted by Gasteiger charge is 2.34. The molecule has 1 aromatic carbocycles. The largest absolute Gasteiger partial charge is 0.480 e. The summed E-state index contributed by atoms with van der Waals surface area (Å²) in [6.07, 6.45) is 2.49. The summed E-state index contributed by atoms with van der Waals surface area (Å²) in [5, 5.41) is 9.34. The van der Waals surface area contributed by atoms with Crippen molar-refractivity contribution in [3.05, 3.63) is 34.9 Å². The molecular weight excluding hydrogens is 278 g/mol. The molecule has 1 heterocycles. The zero-order valence-corrected chi connectivity index (χ0v) is 13.6. The number of rotatable bonds is 4. The zero-order valence-electron chi connectivity index (χ0n) is 13.6. The number of hydrogen-bond donors (Lipinski definition) is 1. The van der Waals surface area contributed by atoms with Crippen LogP contribution in [0.3, 0.4) is 0 Å². The third-order valence-corrected chi connectivity index (χ3v) is 4.38. The number of amides is 1. The average molecular weight is 303 g/mol. The van der Waals surface area contributed by atoms with Gasteiger partial charge in [0.25, 0.3) is 0 Å². The Bertz CT molecular complexity index is 547. The van der Waals surface area contributed by atoms with E-state index in [1.807, 2.05) is 20.8 Å². The van der Waals surface area contributed by atoms with E-state index in [9.17, 15) is 14.7 Å². The summed E-state index contributed by atoms with van der Waals surface area (Å²) in [7, 11) is 0. The maximum absolute atomic E-state index is 12.4. The molecule has 0 radical (unpaired) electrons. The van der Waals surface area contributed by atoms with Crippen molar-refractivity contribution in [3.8, 4) is 0 Å². The van der Waals surface area contributed by atoms with Gasteiger partial charge < -0.3 is 10.0 Å². The maximum Gasteiger partial charge on any atom is 0.326 e. The van der Waals surface area contributed by atoms with Crippen LogP contribution in [0.25, 0.3) is 0 Å². The minimum absolute atomic E-state index is 0.0431. The van der Waals surface area contributed by atoms with Crippen LogP contribution in [0.4, 0.5) is 0 Å². The molecule has 1 amide bonds. The molecule has 1 aromatic rings. The fourth-order valence-electron chi connectivity index (χ4n) is 3.28. The molecule has 0 spiro atoms. The lowest BCUT2D eigenvalue weighted by Gasteiger charge is -2.36. The van der Waals surface area contributed by atoms with Crippen LogP contribution < -0.4 is 0 Å². The molecule has 0 saturated carbocycles. The summed E-state index contributed by atoms with van der Waals surface area (Å²) in [4.78, 5) is 25.4. The van der Waals surface area contributed by atoms with E-state index in [1.54, 1.807) is 4.90 Å². The smallest absolute Gasteiger partial charge is 0.326 e. The Kier molecular flexibility index (Phi) is 5.22. The van der Waals surface area contributed by atoms with Crippen LogP contribution in [-0.4, -0.2) is 34.5 Å². The van der Waals surface area contributed by atoms with Crippen LogP contribution in [0.2, 0.25) is 0 Å². The molecule has 2 rings (SSSR count). The van der Waals surface area contributed by atoms with Gasteiger partial charge in [0.05, 0.1) is 0 Å². The summed E-state index contributed by atoms with van der Waals surface area (Å²) >= 11 is 0. The van der Waals surface area contributed by atoms with E-state index in [4.69, 9.17) is 0 Å². The van der Waals surface area contributed by atoms with E-state index < -0.39 is 12.0 Å². The number of carbonyl (C=O) groups is 2. The van der Waals surface area contributed by atoms with E-state index in [-0.39, 0.29) is 5.91 Å². The SMILES string of the molecule is Cc1cc(C)cc(CCC(=O)N2CCC(C)CC2C(=O)O)c1. The van der Waals surface area contributed by atoms with Gasteiger partial charge in [0.1, 0.15) is 6.04 Å². The molecule has 0 aliphatic carbocycles. The van der Waals surface area contributed by atoms with Gasteiger partial charge in [0.2, 0.25) is 5.91 Å². The zero-order chi connectivity index (χ0) is 16.3. The number of likely N-dealkylation sites (tertiary alicyclic amines) is 1. The van der Waals surface area contributed by atoms with Gasteiger partial charge in [-0.3, -0.25) is 4.79 Å². The second-order valence-corrected chi connectivity index (χ2v) is 6.57. The van der Waals surface area contributed by atoms with E-state index in [2.05, 4.69) is 18.2 Å². The van der Waals surface area contributed by atoms with E-state index in [1.165, 1.54) is 11.1 Å². The van der Waals surface area contributed by atoms with Crippen LogP contribution in [-0.2, 0) is 16.0 Å². The van der Waals surface area contributed by atoms with Gasteiger partial charge in [-0.05, 0) is 44.6 Å². The van der Waals surface area contributed by atoms with Crippen LogP contribution in [0, 0.1) is 19.8 Å². The monoisotopic (exact) mass is 303 g/mol. The number of benzene rings is 1. The molecule has 1 N–H and O–H groups in total.